The van der Waals surface area contributed by atoms with Gasteiger partial charge >= 0.3 is 0 Å². The van der Waals surface area contributed by atoms with Crippen LogP contribution in [0.4, 0.5) is 5.69 Å². The molecule has 0 radical (unpaired) electrons. The number of benzene rings is 2. The first kappa shape index (κ1) is 22.9. The molecule has 0 aliphatic heterocycles. The number of thiophene rings is 1. The zero-order valence-electron chi connectivity index (χ0n) is 19.8. The van der Waals surface area contributed by atoms with Gasteiger partial charge in [0.15, 0.2) is 5.16 Å². The lowest BCUT2D eigenvalue weighted by Crippen LogP contribution is -2.26. The fourth-order valence-electron chi connectivity index (χ4n) is 4.72. The Hall–Kier alpha value is -2.90. The third-order valence-corrected chi connectivity index (χ3v) is 8.54. The van der Waals surface area contributed by atoms with E-state index in [0.717, 1.165) is 57.5 Å². The van der Waals surface area contributed by atoms with E-state index in [1.807, 2.05) is 51.1 Å². The van der Waals surface area contributed by atoms with Gasteiger partial charge in [-0.05, 0) is 75.8 Å². The second kappa shape index (κ2) is 9.04. The van der Waals surface area contributed by atoms with Crippen molar-refractivity contribution in [2.45, 2.75) is 57.4 Å². The first-order chi connectivity index (χ1) is 16.3. The summed E-state index contributed by atoms with van der Waals surface area (Å²) in [5.41, 5.74) is 5.98. The molecule has 0 spiro atoms. The maximum Gasteiger partial charge on any atom is 0.267 e. The number of aryl methyl sites for hydroxylation is 5. The van der Waals surface area contributed by atoms with Crippen LogP contribution >= 0.6 is 23.1 Å². The SMILES string of the molecule is Cc1cc(C)c(NC(=O)[C@@H](C)Sc2nc3sc4c(c3c(=O)n2-c2ccccc2)CCC4)c(C)c1. The van der Waals surface area contributed by atoms with E-state index in [2.05, 4.69) is 24.4 Å². The molecular weight excluding hydrogens is 462 g/mol. The van der Waals surface area contributed by atoms with Crippen LogP contribution in [0.3, 0.4) is 0 Å². The lowest BCUT2D eigenvalue weighted by atomic mass is 10.1. The second-order valence-corrected chi connectivity index (χ2v) is 11.3. The van der Waals surface area contributed by atoms with Gasteiger partial charge in [0, 0.05) is 10.6 Å². The molecule has 0 fully saturated rings. The number of aromatic nitrogens is 2. The number of anilines is 1. The van der Waals surface area contributed by atoms with Crippen LogP contribution < -0.4 is 10.9 Å². The number of hydrogen-bond donors (Lipinski definition) is 1. The first-order valence-electron chi connectivity index (χ1n) is 11.5. The summed E-state index contributed by atoms with van der Waals surface area (Å²) in [7, 11) is 0. The molecule has 0 saturated heterocycles. The van der Waals surface area contributed by atoms with Crippen molar-refractivity contribution in [2.24, 2.45) is 0 Å². The number of nitrogens with zero attached hydrogens (tertiary/aromatic N) is 2. The van der Waals surface area contributed by atoms with Gasteiger partial charge in [0.25, 0.3) is 5.56 Å². The highest BCUT2D eigenvalue weighted by molar-refractivity contribution is 8.00. The fourth-order valence-corrected chi connectivity index (χ4v) is 6.95. The van der Waals surface area contributed by atoms with Crippen molar-refractivity contribution in [3.05, 3.63) is 79.9 Å². The van der Waals surface area contributed by atoms with E-state index in [0.29, 0.717) is 5.16 Å². The third kappa shape index (κ3) is 4.07. The van der Waals surface area contributed by atoms with Crippen molar-refractivity contribution < 1.29 is 4.79 Å². The molecule has 1 aliphatic rings. The Labute approximate surface area is 207 Å². The van der Waals surface area contributed by atoms with Crippen molar-refractivity contribution in [3.8, 4) is 5.69 Å². The van der Waals surface area contributed by atoms with Crippen molar-refractivity contribution in [1.29, 1.82) is 0 Å². The number of carbonyl (C=O) groups is 1. The Kier molecular flexibility index (Phi) is 6.08. The number of rotatable bonds is 5. The Morgan fingerprint density at radius 1 is 1.12 bits per heavy atom. The van der Waals surface area contributed by atoms with Crippen molar-refractivity contribution >= 4 is 44.9 Å². The van der Waals surface area contributed by atoms with E-state index in [9.17, 15) is 9.59 Å². The van der Waals surface area contributed by atoms with E-state index in [-0.39, 0.29) is 11.5 Å². The minimum atomic E-state index is -0.439. The van der Waals surface area contributed by atoms with Crippen molar-refractivity contribution in [1.82, 2.24) is 9.55 Å². The molecule has 2 aromatic heterocycles. The van der Waals surface area contributed by atoms with Gasteiger partial charge in [-0.25, -0.2) is 4.98 Å². The predicted octanol–water partition coefficient (Wildman–Crippen LogP) is 5.98. The van der Waals surface area contributed by atoms with E-state index in [4.69, 9.17) is 4.98 Å². The standard InChI is InChI=1S/C27H27N3O2S2/c1-15-13-16(2)23(17(3)14-15)28-24(31)18(4)33-27-29-25-22(20-11-8-12-21(20)34-25)26(32)30(27)19-9-6-5-7-10-19/h5-7,9-10,13-14,18H,8,11-12H2,1-4H3,(H,28,31)/t18-/m1/s1. The summed E-state index contributed by atoms with van der Waals surface area (Å²) in [5, 5.41) is 3.95. The van der Waals surface area contributed by atoms with Crippen LogP contribution in [-0.4, -0.2) is 20.7 Å². The van der Waals surface area contributed by atoms with Gasteiger partial charge < -0.3 is 5.32 Å². The van der Waals surface area contributed by atoms with Crippen LogP contribution in [0.1, 0.15) is 40.5 Å². The number of carbonyl (C=O) groups excluding carboxylic acids is 1. The summed E-state index contributed by atoms with van der Waals surface area (Å²) in [4.78, 5) is 33.9. The van der Waals surface area contributed by atoms with Crippen LogP contribution in [0, 0.1) is 20.8 Å². The van der Waals surface area contributed by atoms with Gasteiger partial charge in [0.1, 0.15) is 4.83 Å². The van der Waals surface area contributed by atoms with Crippen molar-refractivity contribution in [3.63, 3.8) is 0 Å². The molecule has 174 valence electrons. The normalized spacial score (nSPS) is 13.8. The largest absolute Gasteiger partial charge is 0.325 e. The van der Waals surface area contributed by atoms with Crippen LogP contribution in [-0.2, 0) is 17.6 Å². The maximum atomic E-state index is 13.7. The summed E-state index contributed by atoms with van der Waals surface area (Å²) in [5.74, 6) is -0.109. The minimum Gasteiger partial charge on any atom is -0.325 e. The molecular formula is C27H27N3O2S2. The third-order valence-electron chi connectivity index (χ3n) is 6.30. The number of thioether (sulfide) groups is 1. The van der Waals surface area contributed by atoms with E-state index < -0.39 is 5.25 Å². The first-order valence-corrected chi connectivity index (χ1v) is 13.2. The highest BCUT2D eigenvalue weighted by Gasteiger charge is 2.26. The summed E-state index contributed by atoms with van der Waals surface area (Å²) < 4.78 is 1.67. The number of amides is 1. The summed E-state index contributed by atoms with van der Waals surface area (Å²) in [6, 6.07) is 13.7. The molecule has 5 nitrogen and oxygen atoms in total. The molecule has 1 amide bonds. The molecule has 2 heterocycles. The summed E-state index contributed by atoms with van der Waals surface area (Å²) in [6.07, 6.45) is 3.03. The Morgan fingerprint density at radius 2 is 1.82 bits per heavy atom. The molecule has 1 N–H and O–H groups in total. The molecule has 1 atom stereocenters. The van der Waals surface area contributed by atoms with E-state index in [1.54, 1.807) is 15.9 Å². The molecule has 34 heavy (non-hydrogen) atoms. The zero-order chi connectivity index (χ0) is 24.0. The Morgan fingerprint density at radius 3 is 2.53 bits per heavy atom. The molecule has 0 bridgehead atoms. The lowest BCUT2D eigenvalue weighted by Gasteiger charge is -2.18. The van der Waals surface area contributed by atoms with Crippen molar-refractivity contribution in [2.75, 3.05) is 5.32 Å². The maximum absolute atomic E-state index is 13.7. The highest BCUT2D eigenvalue weighted by Crippen LogP contribution is 2.36. The molecule has 7 heteroatoms. The monoisotopic (exact) mass is 489 g/mol. The quantitative estimate of drug-likeness (QED) is 0.277. The smallest absolute Gasteiger partial charge is 0.267 e. The van der Waals surface area contributed by atoms with Gasteiger partial charge in [-0.1, -0.05) is 47.7 Å². The Bertz CT molecular complexity index is 1450. The topological polar surface area (TPSA) is 64.0 Å². The van der Waals surface area contributed by atoms with E-state index >= 15 is 0 Å². The molecule has 2 aromatic carbocycles. The number of fused-ring (bicyclic) bond motifs is 3. The van der Waals surface area contributed by atoms with Gasteiger partial charge in [-0.2, -0.15) is 0 Å². The molecule has 0 unspecified atom stereocenters. The molecule has 1 aliphatic carbocycles. The number of para-hydroxylation sites is 1. The Balaban J connectivity index is 1.53. The minimum absolute atomic E-state index is 0.0454. The predicted molar refractivity (Wildman–Crippen MR) is 142 cm³/mol. The zero-order valence-corrected chi connectivity index (χ0v) is 21.4. The fraction of sp³-hybridized carbons (Fsp3) is 0.296. The second-order valence-electron chi connectivity index (χ2n) is 8.93. The highest BCUT2D eigenvalue weighted by atomic mass is 32.2. The summed E-state index contributed by atoms with van der Waals surface area (Å²) in [6.45, 7) is 7.92. The molecule has 5 rings (SSSR count). The van der Waals surface area contributed by atoms with E-state index in [1.165, 1.54) is 22.2 Å². The van der Waals surface area contributed by atoms with Gasteiger partial charge in [-0.3, -0.25) is 14.2 Å². The van der Waals surface area contributed by atoms with Crippen LogP contribution in [0.2, 0.25) is 0 Å². The van der Waals surface area contributed by atoms with Crippen LogP contribution in [0.25, 0.3) is 15.9 Å². The summed E-state index contributed by atoms with van der Waals surface area (Å²) >= 11 is 2.95. The van der Waals surface area contributed by atoms with Gasteiger partial charge in [0.05, 0.1) is 16.3 Å². The average molecular weight is 490 g/mol. The van der Waals surface area contributed by atoms with Crippen LogP contribution in [0.5, 0.6) is 0 Å². The number of nitrogens with one attached hydrogen (secondary N) is 1. The average Bonchev–Trinajstić information content (AvgIpc) is 3.37. The molecule has 4 aromatic rings. The van der Waals surface area contributed by atoms with Gasteiger partial charge in [0.2, 0.25) is 5.91 Å². The lowest BCUT2D eigenvalue weighted by molar-refractivity contribution is -0.115. The number of hydrogen-bond acceptors (Lipinski definition) is 5. The van der Waals surface area contributed by atoms with Crippen LogP contribution in [0.15, 0.2) is 52.4 Å². The van der Waals surface area contributed by atoms with Gasteiger partial charge in [-0.15, -0.1) is 11.3 Å². The molecule has 0 saturated carbocycles.